The number of H-pyrrole nitrogens is 2. The van der Waals surface area contributed by atoms with Crippen LogP contribution in [0.4, 0.5) is 9.59 Å². The molecule has 15 nitrogen and oxygen atoms in total. The number of carbonyl (C=O) groups is 4. The van der Waals surface area contributed by atoms with Gasteiger partial charge in [0, 0.05) is 36.2 Å². The van der Waals surface area contributed by atoms with Gasteiger partial charge in [-0.05, 0) is 97.7 Å². The van der Waals surface area contributed by atoms with Crippen molar-refractivity contribution in [2.24, 2.45) is 11.8 Å². The zero-order valence-electron chi connectivity index (χ0n) is 38.9. The highest BCUT2D eigenvalue weighted by Crippen LogP contribution is 2.57. The van der Waals surface area contributed by atoms with Crippen molar-refractivity contribution in [3.63, 3.8) is 0 Å². The number of aromatic nitrogens is 4. The van der Waals surface area contributed by atoms with Crippen molar-refractivity contribution in [3.8, 4) is 22.4 Å². The van der Waals surface area contributed by atoms with E-state index in [9.17, 15) is 19.2 Å². The molecule has 2 aromatic heterocycles. The van der Waals surface area contributed by atoms with Crippen molar-refractivity contribution in [3.05, 3.63) is 81.6 Å². The number of carbonyl (C=O) groups excluding carboxylic acids is 4. The van der Waals surface area contributed by atoms with Crippen molar-refractivity contribution >= 4 is 36.2 Å². The summed E-state index contributed by atoms with van der Waals surface area (Å²) in [6.07, 6.45) is 11.5. The molecule has 1 aliphatic carbocycles. The van der Waals surface area contributed by atoms with Gasteiger partial charge >= 0.3 is 12.2 Å². The summed E-state index contributed by atoms with van der Waals surface area (Å²) in [7, 11) is 4.85. The van der Waals surface area contributed by atoms with E-state index in [1.165, 1.54) is 42.0 Å². The van der Waals surface area contributed by atoms with E-state index >= 15 is 0 Å². The maximum Gasteiger partial charge on any atom is 0.407 e. The first-order valence-electron chi connectivity index (χ1n) is 23.3. The summed E-state index contributed by atoms with van der Waals surface area (Å²) in [6.45, 7) is 11.2. The monoisotopic (exact) mass is 885 g/mol. The van der Waals surface area contributed by atoms with Crippen LogP contribution in [0.1, 0.15) is 132 Å². The summed E-state index contributed by atoms with van der Waals surface area (Å²) in [5.74, 6) is 1.08. The van der Waals surface area contributed by atoms with E-state index in [1.807, 2.05) is 43.7 Å². The summed E-state index contributed by atoms with van der Waals surface area (Å²) in [5, 5.41) is 7.35. The SMILES string of the molecule is COC(=O)NC(C(=O)N1CCCC1c1nc2c([nH]1)=CC(C)(c1ccc(-c3ccc(-c4cnc(C5CCCN5C(=O)[C@@H](NC(=O)OC)C(C)C)[nH]4)c4c3C3CCC4N3C)cc1)CC=2)C(C)C. The number of benzene rings is 2. The highest BCUT2D eigenvalue weighted by atomic mass is 16.5. The maximum atomic E-state index is 13.8. The molecule has 15 heteroatoms. The Labute approximate surface area is 380 Å². The van der Waals surface area contributed by atoms with Crippen LogP contribution < -0.4 is 21.3 Å². The Morgan fingerprint density at radius 3 is 1.86 bits per heavy atom. The van der Waals surface area contributed by atoms with Gasteiger partial charge in [0.15, 0.2) is 0 Å². The summed E-state index contributed by atoms with van der Waals surface area (Å²) in [5.41, 5.74) is 8.21. The second-order valence-corrected chi connectivity index (χ2v) is 19.5. The number of aromatic amines is 2. The number of nitrogens with one attached hydrogen (secondary N) is 4. The third-order valence-corrected chi connectivity index (χ3v) is 14.8. The molecule has 4 aromatic rings. The number of hydrogen-bond acceptors (Lipinski definition) is 9. The molecule has 0 radical (unpaired) electrons. The van der Waals surface area contributed by atoms with Crippen molar-refractivity contribution in [1.82, 2.24) is 45.3 Å². The van der Waals surface area contributed by atoms with E-state index in [0.717, 1.165) is 78.6 Å². The summed E-state index contributed by atoms with van der Waals surface area (Å²) in [6, 6.07) is 12.4. The van der Waals surface area contributed by atoms with Crippen LogP contribution in [0.5, 0.6) is 0 Å². The minimum atomic E-state index is -0.690. The van der Waals surface area contributed by atoms with Crippen LogP contribution in [-0.4, -0.2) is 105 Å². The molecule has 2 aromatic carbocycles. The molecule has 5 aliphatic rings. The molecule has 3 fully saturated rings. The van der Waals surface area contributed by atoms with E-state index in [-0.39, 0.29) is 41.1 Å². The Morgan fingerprint density at radius 1 is 0.738 bits per heavy atom. The number of amides is 4. The van der Waals surface area contributed by atoms with Crippen molar-refractivity contribution in [1.29, 1.82) is 0 Å². The zero-order chi connectivity index (χ0) is 45.9. The molecule has 3 saturated heterocycles. The lowest BCUT2D eigenvalue weighted by Gasteiger charge is -2.30. The van der Waals surface area contributed by atoms with Crippen LogP contribution in [0, 0.1) is 11.8 Å². The Kier molecular flexibility index (Phi) is 11.9. The molecule has 4 aliphatic heterocycles. The van der Waals surface area contributed by atoms with E-state index in [4.69, 9.17) is 19.4 Å². The Balaban J connectivity index is 0.962. The topological polar surface area (TPSA) is 178 Å². The third kappa shape index (κ3) is 7.89. The number of fused-ring (bicyclic) bond motifs is 6. The molecule has 6 heterocycles. The average Bonchev–Trinajstić information content (AvgIpc) is 4.18. The fourth-order valence-corrected chi connectivity index (χ4v) is 11.3. The predicted octanol–water partition coefficient (Wildman–Crippen LogP) is 6.30. The molecular formula is C50H63N9O6. The van der Waals surface area contributed by atoms with Gasteiger partial charge in [-0.1, -0.05) is 77.1 Å². The average molecular weight is 886 g/mol. The first-order valence-corrected chi connectivity index (χ1v) is 23.3. The highest BCUT2D eigenvalue weighted by molar-refractivity contribution is 5.87. The van der Waals surface area contributed by atoms with Crippen LogP contribution in [-0.2, 0) is 24.5 Å². The number of hydrogen-bond donors (Lipinski definition) is 4. The van der Waals surface area contributed by atoms with Crippen molar-refractivity contribution in [2.45, 2.75) is 121 Å². The zero-order valence-corrected chi connectivity index (χ0v) is 38.9. The standard InChI is InChI=1S/C50H63N9O6/c1-27(2)42(55-48(62)64-7)46(60)58-23-9-11-38(58)44-51-26-35(54-44)32-18-17-31(40-36-19-20-37(41(32)40)57(36)6)29-13-15-30(16-14-29)50(5)22-21-33-34(25-50)53-45(52-33)39-12-10-24-59(39)47(61)43(28(3)4)56-49(63)65-8/h13-18,21,25-28,36-39,42-43H,9-12,19-20,22-24H2,1-8H3,(H,51,54)(H,52,53)(H,55,62)(H,56,63)/t36?,37?,38?,39?,42-,43?,50?/m0/s1. The molecule has 6 unspecified atom stereocenters. The second-order valence-electron chi connectivity index (χ2n) is 19.5. The first kappa shape index (κ1) is 44.3. The largest absolute Gasteiger partial charge is 0.453 e. The van der Waals surface area contributed by atoms with Crippen LogP contribution in [0.2, 0.25) is 0 Å². The Bertz CT molecular complexity index is 2620. The predicted molar refractivity (Wildman–Crippen MR) is 246 cm³/mol. The quantitative estimate of drug-likeness (QED) is 0.135. The van der Waals surface area contributed by atoms with E-state index in [1.54, 1.807) is 0 Å². The van der Waals surface area contributed by atoms with Gasteiger partial charge in [0.25, 0.3) is 0 Å². The number of nitrogens with zero attached hydrogens (tertiary/aromatic N) is 5. The van der Waals surface area contributed by atoms with Crippen LogP contribution >= 0.6 is 0 Å². The normalized spacial score (nSPS) is 24.3. The van der Waals surface area contributed by atoms with Gasteiger partial charge in [-0.25, -0.2) is 19.6 Å². The lowest BCUT2D eigenvalue weighted by atomic mass is 9.77. The van der Waals surface area contributed by atoms with Gasteiger partial charge < -0.3 is 39.9 Å². The van der Waals surface area contributed by atoms with Crippen molar-refractivity contribution in [2.75, 3.05) is 34.4 Å². The molecule has 0 spiro atoms. The number of ether oxygens (including phenoxy) is 2. The highest BCUT2D eigenvalue weighted by Gasteiger charge is 2.45. The van der Waals surface area contributed by atoms with Gasteiger partial charge in [-0.15, -0.1) is 0 Å². The van der Waals surface area contributed by atoms with Crippen LogP contribution in [0.15, 0.2) is 42.6 Å². The molecule has 4 N–H and O–H groups in total. The minimum Gasteiger partial charge on any atom is -0.453 e. The number of alkyl carbamates (subject to hydrolysis) is 2. The first-order chi connectivity index (χ1) is 31.2. The summed E-state index contributed by atoms with van der Waals surface area (Å²) < 4.78 is 9.64. The maximum absolute atomic E-state index is 13.8. The van der Waals surface area contributed by atoms with E-state index < -0.39 is 24.3 Å². The molecule has 2 bridgehead atoms. The fourth-order valence-electron chi connectivity index (χ4n) is 11.3. The molecule has 7 atom stereocenters. The van der Waals surface area contributed by atoms with E-state index in [2.05, 4.69) is 88.0 Å². The minimum absolute atomic E-state index is 0.104. The second kappa shape index (κ2) is 17.4. The van der Waals surface area contributed by atoms with E-state index in [0.29, 0.717) is 25.2 Å². The molecular weight excluding hydrogens is 823 g/mol. The number of likely N-dealkylation sites (tertiary alicyclic amines) is 2. The fraction of sp³-hybridized carbons (Fsp3) is 0.520. The number of rotatable bonds is 11. The Hall–Kier alpha value is -5.96. The van der Waals surface area contributed by atoms with Gasteiger partial charge in [0.1, 0.15) is 23.7 Å². The smallest absolute Gasteiger partial charge is 0.407 e. The van der Waals surface area contributed by atoms with Gasteiger partial charge in [-0.2, -0.15) is 0 Å². The van der Waals surface area contributed by atoms with Gasteiger partial charge in [0.2, 0.25) is 11.8 Å². The summed E-state index contributed by atoms with van der Waals surface area (Å²) >= 11 is 0. The number of methoxy groups -OCH3 is 2. The lowest BCUT2D eigenvalue weighted by molar-refractivity contribution is -0.136. The Morgan fingerprint density at radius 2 is 1.29 bits per heavy atom. The van der Waals surface area contributed by atoms with Crippen LogP contribution in [0.3, 0.4) is 0 Å². The molecule has 4 amide bonds. The number of imidazole rings is 2. The molecule has 0 saturated carbocycles. The lowest BCUT2D eigenvalue weighted by Crippen LogP contribution is -2.51. The molecule has 9 rings (SSSR count). The van der Waals surface area contributed by atoms with Crippen LogP contribution in [0.25, 0.3) is 34.5 Å². The van der Waals surface area contributed by atoms with Gasteiger partial charge in [0.05, 0.1) is 48.9 Å². The van der Waals surface area contributed by atoms with Gasteiger partial charge in [-0.3, -0.25) is 14.5 Å². The molecule has 65 heavy (non-hydrogen) atoms. The summed E-state index contributed by atoms with van der Waals surface area (Å²) in [4.78, 5) is 75.2. The molecule has 344 valence electrons. The van der Waals surface area contributed by atoms with Crippen molar-refractivity contribution < 1.29 is 28.7 Å². The third-order valence-electron chi connectivity index (χ3n) is 14.8.